The van der Waals surface area contributed by atoms with Gasteiger partial charge in [-0.15, -0.1) is 5.10 Å². The third-order valence-electron chi connectivity index (χ3n) is 4.27. The second kappa shape index (κ2) is 6.61. The Labute approximate surface area is 149 Å². The predicted molar refractivity (Wildman–Crippen MR) is 99.5 cm³/mol. The molecule has 4 aromatic rings. The summed E-state index contributed by atoms with van der Waals surface area (Å²) in [5.41, 5.74) is 3.87. The maximum absolute atomic E-state index is 12.5. The normalized spacial score (nSPS) is 10.6. The molecule has 0 amide bonds. The summed E-state index contributed by atoms with van der Waals surface area (Å²) in [5, 5.41) is 17.9. The molecule has 0 unspecified atom stereocenters. The molecule has 0 aliphatic rings. The van der Waals surface area contributed by atoms with Gasteiger partial charge in [-0.25, -0.2) is 4.68 Å². The molecule has 3 aromatic carbocycles. The molecule has 1 heterocycles. The number of nitrogens with zero attached hydrogens (tertiary/aromatic N) is 4. The van der Waals surface area contributed by atoms with Crippen LogP contribution in [0.3, 0.4) is 0 Å². The highest BCUT2D eigenvalue weighted by Gasteiger charge is 2.07. The molecule has 0 aliphatic carbocycles. The third-order valence-corrected chi connectivity index (χ3v) is 4.27. The van der Waals surface area contributed by atoms with Gasteiger partial charge >= 0.3 is 0 Å². The van der Waals surface area contributed by atoms with Crippen molar-refractivity contribution in [3.63, 3.8) is 0 Å². The molecule has 26 heavy (non-hydrogen) atoms. The van der Waals surface area contributed by atoms with E-state index in [1.54, 1.807) is 18.2 Å². The lowest BCUT2D eigenvalue weighted by atomic mass is 9.99. The molecule has 0 fully saturated rings. The van der Waals surface area contributed by atoms with E-state index >= 15 is 0 Å². The van der Waals surface area contributed by atoms with Crippen molar-refractivity contribution in [1.82, 2.24) is 15.0 Å². The summed E-state index contributed by atoms with van der Waals surface area (Å²) in [6, 6.07) is 24.6. The first-order chi connectivity index (χ1) is 12.8. The van der Waals surface area contributed by atoms with Crippen LogP contribution in [0.5, 0.6) is 0 Å². The lowest BCUT2D eigenvalue weighted by Gasteiger charge is -2.07. The second-order valence-corrected chi connectivity index (χ2v) is 5.92. The van der Waals surface area contributed by atoms with Crippen LogP contribution in [-0.4, -0.2) is 15.0 Å². The Balaban J connectivity index is 1.66. The van der Waals surface area contributed by atoms with E-state index in [2.05, 4.69) is 16.4 Å². The van der Waals surface area contributed by atoms with Crippen molar-refractivity contribution >= 4 is 10.9 Å². The number of fused-ring (bicyclic) bond motifs is 1. The Morgan fingerprint density at radius 1 is 0.923 bits per heavy atom. The first-order valence-electron chi connectivity index (χ1n) is 8.17. The summed E-state index contributed by atoms with van der Waals surface area (Å²) in [6.45, 7) is 0.344. The smallest absolute Gasteiger partial charge is 0.267 e. The van der Waals surface area contributed by atoms with Crippen molar-refractivity contribution in [2.75, 3.05) is 0 Å². The van der Waals surface area contributed by atoms with Gasteiger partial charge in [0.05, 0.1) is 23.6 Å². The Morgan fingerprint density at radius 3 is 2.46 bits per heavy atom. The van der Waals surface area contributed by atoms with Crippen LogP contribution < -0.4 is 5.56 Å². The monoisotopic (exact) mass is 338 g/mol. The lowest BCUT2D eigenvalue weighted by Crippen LogP contribution is -2.24. The topological polar surface area (TPSA) is 71.6 Å². The molecular weight excluding hydrogens is 324 g/mol. The van der Waals surface area contributed by atoms with E-state index in [4.69, 9.17) is 0 Å². The Morgan fingerprint density at radius 2 is 1.65 bits per heavy atom. The van der Waals surface area contributed by atoms with Crippen molar-refractivity contribution in [2.24, 2.45) is 0 Å². The zero-order valence-electron chi connectivity index (χ0n) is 13.8. The molecule has 1 aromatic heterocycles. The standard InChI is InChI=1S/C21H14N4O/c22-13-17-5-1-2-6-18(17)16-11-9-15(10-12-16)14-25-21(26)19-7-3-4-8-20(19)23-24-25/h1-12H,14H2. The highest BCUT2D eigenvalue weighted by molar-refractivity contribution is 5.76. The van der Waals surface area contributed by atoms with Crippen LogP contribution in [0.25, 0.3) is 22.0 Å². The SMILES string of the molecule is N#Cc1ccccc1-c1ccc(Cn2nnc3ccccc3c2=O)cc1. The lowest BCUT2D eigenvalue weighted by molar-refractivity contribution is 0.601. The molecule has 124 valence electrons. The fraction of sp³-hybridized carbons (Fsp3) is 0.0476. The first kappa shape index (κ1) is 15.7. The molecule has 0 saturated heterocycles. The van der Waals surface area contributed by atoms with Gasteiger partial charge in [0.2, 0.25) is 0 Å². The number of benzene rings is 3. The van der Waals surface area contributed by atoms with E-state index in [0.717, 1.165) is 16.7 Å². The van der Waals surface area contributed by atoms with E-state index in [1.807, 2.05) is 54.6 Å². The van der Waals surface area contributed by atoms with Crippen LogP contribution in [0.2, 0.25) is 0 Å². The molecule has 0 bridgehead atoms. The quantitative estimate of drug-likeness (QED) is 0.574. The highest BCUT2D eigenvalue weighted by Crippen LogP contribution is 2.23. The van der Waals surface area contributed by atoms with Crippen LogP contribution in [0.15, 0.2) is 77.6 Å². The fourth-order valence-electron chi connectivity index (χ4n) is 2.92. The van der Waals surface area contributed by atoms with Gasteiger partial charge in [-0.2, -0.15) is 5.26 Å². The third kappa shape index (κ3) is 2.85. The molecule has 0 atom stereocenters. The van der Waals surface area contributed by atoms with Gasteiger partial charge in [0.1, 0.15) is 5.52 Å². The van der Waals surface area contributed by atoms with Gasteiger partial charge in [-0.1, -0.05) is 59.8 Å². The van der Waals surface area contributed by atoms with E-state index in [1.165, 1.54) is 4.68 Å². The number of hydrogen-bond acceptors (Lipinski definition) is 4. The van der Waals surface area contributed by atoms with Crippen molar-refractivity contribution < 1.29 is 0 Å². The maximum atomic E-state index is 12.5. The van der Waals surface area contributed by atoms with Gasteiger partial charge in [0, 0.05) is 0 Å². The summed E-state index contributed by atoms with van der Waals surface area (Å²) in [7, 11) is 0. The van der Waals surface area contributed by atoms with E-state index < -0.39 is 0 Å². The average Bonchev–Trinajstić information content (AvgIpc) is 2.71. The minimum atomic E-state index is -0.158. The molecule has 0 aliphatic heterocycles. The van der Waals surface area contributed by atoms with Crippen molar-refractivity contribution in [1.29, 1.82) is 5.26 Å². The van der Waals surface area contributed by atoms with E-state index in [-0.39, 0.29) is 5.56 Å². The van der Waals surface area contributed by atoms with Crippen LogP contribution in [-0.2, 0) is 6.54 Å². The number of aromatic nitrogens is 3. The molecule has 5 heteroatoms. The molecule has 0 radical (unpaired) electrons. The number of hydrogen-bond donors (Lipinski definition) is 0. The van der Waals surface area contributed by atoms with Crippen molar-refractivity contribution in [3.05, 3.63) is 94.3 Å². The molecule has 0 spiro atoms. The largest absolute Gasteiger partial charge is 0.277 e. The van der Waals surface area contributed by atoms with Crippen LogP contribution in [0.4, 0.5) is 0 Å². The van der Waals surface area contributed by atoms with Crippen LogP contribution >= 0.6 is 0 Å². The van der Waals surface area contributed by atoms with E-state index in [9.17, 15) is 10.1 Å². The minimum absolute atomic E-state index is 0.158. The second-order valence-electron chi connectivity index (χ2n) is 5.92. The predicted octanol–water partition coefficient (Wildman–Crippen LogP) is 3.38. The van der Waals surface area contributed by atoms with Gasteiger partial charge < -0.3 is 0 Å². The number of rotatable bonds is 3. The highest BCUT2D eigenvalue weighted by atomic mass is 16.1. The Kier molecular flexibility index (Phi) is 4.00. The Bertz CT molecular complexity index is 1190. The van der Waals surface area contributed by atoms with Crippen molar-refractivity contribution in [3.8, 4) is 17.2 Å². The molecule has 5 nitrogen and oxygen atoms in total. The summed E-state index contributed by atoms with van der Waals surface area (Å²) in [5.74, 6) is 0. The molecular formula is C21H14N4O. The average molecular weight is 338 g/mol. The Hall–Kier alpha value is -3.78. The summed E-state index contributed by atoms with van der Waals surface area (Å²) in [6.07, 6.45) is 0. The number of nitriles is 1. The van der Waals surface area contributed by atoms with E-state index in [0.29, 0.717) is 23.0 Å². The first-order valence-corrected chi connectivity index (χ1v) is 8.17. The fourth-order valence-corrected chi connectivity index (χ4v) is 2.92. The summed E-state index contributed by atoms with van der Waals surface area (Å²) in [4.78, 5) is 12.5. The minimum Gasteiger partial charge on any atom is -0.267 e. The summed E-state index contributed by atoms with van der Waals surface area (Å²) >= 11 is 0. The summed E-state index contributed by atoms with van der Waals surface area (Å²) < 4.78 is 1.36. The van der Waals surface area contributed by atoms with Crippen molar-refractivity contribution in [2.45, 2.75) is 6.54 Å². The van der Waals surface area contributed by atoms with Gasteiger partial charge in [-0.3, -0.25) is 4.79 Å². The molecule has 0 saturated carbocycles. The molecule has 0 N–H and O–H groups in total. The van der Waals surface area contributed by atoms with Crippen LogP contribution in [0.1, 0.15) is 11.1 Å². The molecule has 4 rings (SSSR count). The zero-order valence-corrected chi connectivity index (χ0v) is 13.8. The van der Waals surface area contributed by atoms with Gasteiger partial charge in [0.25, 0.3) is 5.56 Å². The van der Waals surface area contributed by atoms with Gasteiger partial charge in [0.15, 0.2) is 0 Å². The van der Waals surface area contributed by atoms with Crippen LogP contribution in [0, 0.1) is 11.3 Å². The van der Waals surface area contributed by atoms with Gasteiger partial charge in [-0.05, 0) is 34.9 Å². The maximum Gasteiger partial charge on any atom is 0.277 e. The zero-order chi connectivity index (χ0) is 17.9.